The van der Waals surface area contributed by atoms with Crippen LogP contribution >= 0.6 is 11.6 Å². The van der Waals surface area contributed by atoms with E-state index in [1.807, 2.05) is 18.2 Å². The molecule has 0 bridgehead atoms. The predicted molar refractivity (Wildman–Crippen MR) is 137 cm³/mol. The van der Waals surface area contributed by atoms with Gasteiger partial charge >= 0.3 is 5.97 Å². The molecule has 4 aromatic rings. The number of nitrogens with one attached hydrogen (secondary N) is 2. The number of esters is 1. The summed E-state index contributed by atoms with van der Waals surface area (Å²) in [4.78, 5) is 36.3. The average molecular weight is 504 g/mol. The van der Waals surface area contributed by atoms with E-state index >= 15 is 0 Å². The third-order valence-electron chi connectivity index (χ3n) is 4.87. The van der Waals surface area contributed by atoms with Crippen LogP contribution in [0.3, 0.4) is 0 Å². The number of nitrogens with zero attached hydrogens (tertiary/aromatic N) is 3. The molecule has 0 aliphatic carbocycles. The van der Waals surface area contributed by atoms with Gasteiger partial charge in [0.05, 0.1) is 17.1 Å². The molecule has 0 spiro atoms. The van der Waals surface area contributed by atoms with Crippen LogP contribution < -0.4 is 15.4 Å². The number of pyridine rings is 1. The molecule has 0 saturated heterocycles. The SMILES string of the molecule is CCOC(=O)C=CC(=O)Nc1ccc2ncnc(Nc3ccc(OCc4cccnc4)c(Cl)c3)c2c1. The molecule has 1 amide bonds. The van der Waals surface area contributed by atoms with Crippen LogP contribution in [0.15, 0.2) is 79.4 Å². The van der Waals surface area contributed by atoms with Gasteiger partial charge in [-0.2, -0.15) is 0 Å². The zero-order valence-corrected chi connectivity index (χ0v) is 20.0. The number of carbonyl (C=O) groups is 2. The maximum atomic E-state index is 12.2. The van der Waals surface area contributed by atoms with E-state index in [1.165, 1.54) is 6.33 Å². The smallest absolute Gasteiger partial charge is 0.330 e. The van der Waals surface area contributed by atoms with Gasteiger partial charge in [0.25, 0.3) is 0 Å². The van der Waals surface area contributed by atoms with Crippen LogP contribution in [0.2, 0.25) is 5.02 Å². The van der Waals surface area contributed by atoms with Crippen LogP contribution in [-0.2, 0) is 20.9 Å². The molecular formula is C26H22ClN5O4. The monoisotopic (exact) mass is 503 g/mol. The highest BCUT2D eigenvalue weighted by molar-refractivity contribution is 6.32. The minimum atomic E-state index is -0.585. The number of ether oxygens (including phenoxy) is 2. The van der Waals surface area contributed by atoms with Crippen LogP contribution in [0.5, 0.6) is 5.75 Å². The van der Waals surface area contributed by atoms with Crippen molar-refractivity contribution in [2.24, 2.45) is 0 Å². The molecule has 2 N–H and O–H groups in total. The first-order chi connectivity index (χ1) is 17.5. The summed E-state index contributed by atoms with van der Waals surface area (Å²) >= 11 is 6.43. The molecule has 2 heterocycles. The lowest BCUT2D eigenvalue weighted by Gasteiger charge is -2.12. The maximum absolute atomic E-state index is 12.2. The van der Waals surface area contributed by atoms with Gasteiger partial charge in [-0.1, -0.05) is 17.7 Å². The van der Waals surface area contributed by atoms with E-state index in [1.54, 1.807) is 49.6 Å². The van der Waals surface area contributed by atoms with E-state index in [-0.39, 0.29) is 6.61 Å². The third kappa shape index (κ3) is 6.55. The van der Waals surface area contributed by atoms with Crippen molar-refractivity contribution >= 4 is 51.6 Å². The fourth-order valence-electron chi connectivity index (χ4n) is 3.23. The maximum Gasteiger partial charge on any atom is 0.330 e. The van der Waals surface area contributed by atoms with Crippen molar-refractivity contribution in [2.45, 2.75) is 13.5 Å². The molecule has 182 valence electrons. The number of anilines is 3. The van der Waals surface area contributed by atoms with E-state index in [9.17, 15) is 9.59 Å². The van der Waals surface area contributed by atoms with E-state index in [2.05, 4.69) is 25.6 Å². The molecule has 10 heteroatoms. The van der Waals surface area contributed by atoms with E-state index in [4.69, 9.17) is 21.1 Å². The van der Waals surface area contributed by atoms with Gasteiger partial charge in [-0.3, -0.25) is 9.78 Å². The Kier molecular flexibility index (Phi) is 8.05. The molecule has 2 aromatic heterocycles. The number of aromatic nitrogens is 3. The zero-order valence-electron chi connectivity index (χ0n) is 19.3. The van der Waals surface area contributed by atoms with Gasteiger partial charge in [0.15, 0.2) is 0 Å². The number of hydrogen-bond donors (Lipinski definition) is 2. The molecular weight excluding hydrogens is 482 g/mol. The average Bonchev–Trinajstić information content (AvgIpc) is 2.88. The Hall–Kier alpha value is -4.50. The Morgan fingerprint density at radius 3 is 2.69 bits per heavy atom. The zero-order chi connectivity index (χ0) is 25.3. The first-order valence-electron chi connectivity index (χ1n) is 11.0. The normalized spacial score (nSPS) is 10.8. The number of hydrogen-bond acceptors (Lipinski definition) is 8. The lowest BCUT2D eigenvalue weighted by Crippen LogP contribution is -2.09. The number of fused-ring (bicyclic) bond motifs is 1. The van der Waals surface area contributed by atoms with Crippen molar-refractivity contribution in [1.82, 2.24) is 15.0 Å². The van der Waals surface area contributed by atoms with Crippen molar-refractivity contribution in [3.8, 4) is 5.75 Å². The fourth-order valence-corrected chi connectivity index (χ4v) is 3.46. The van der Waals surface area contributed by atoms with E-state index in [0.717, 1.165) is 17.7 Å². The summed E-state index contributed by atoms with van der Waals surface area (Å²) in [6, 6.07) is 14.3. The predicted octanol–water partition coefficient (Wildman–Crippen LogP) is 5.06. The number of benzene rings is 2. The highest BCUT2D eigenvalue weighted by Crippen LogP contribution is 2.31. The second-order valence-corrected chi connectivity index (χ2v) is 7.86. The summed E-state index contributed by atoms with van der Waals surface area (Å²) in [5.74, 6) is 0.0124. The lowest BCUT2D eigenvalue weighted by atomic mass is 10.2. The number of carbonyl (C=O) groups excluding carboxylic acids is 2. The largest absolute Gasteiger partial charge is 0.487 e. The summed E-state index contributed by atoms with van der Waals surface area (Å²) < 4.78 is 10.6. The van der Waals surface area contributed by atoms with Crippen molar-refractivity contribution in [2.75, 3.05) is 17.2 Å². The van der Waals surface area contributed by atoms with E-state index < -0.39 is 11.9 Å². The second kappa shape index (κ2) is 11.8. The molecule has 36 heavy (non-hydrogen) atoms. The van der Waals surface area contributed by atoms with Crippen LogP contribution in [0, 0.1) is 0 Å². The van der Waals surface area contributed by atoms with E-state index in [0.29, 0.717) is 45.5 Å². The molecule has 0 radical (unpaired) electrons. The van der Waals surface area contributed by atoms with Gasteiger partial charge in [0, 0.05) is 46.9 Å². The van der Waals surface area contributed by atoms with Gasteiger partial charge in [0.1, 0.15) is 24.5 Å². The Morgan fingerprint density at radius 1 is 1.06 bits per heavy atom. The molecule has 0 saturated carbocycles. The minimum absolute atomic E-state index is 0.234. The molecule has 0 unspecified atom stereocenters. The Bertz CT molecular complexity index is 1410. The number of rotatable bonds is 9. The summed E-state index contributed by atoms with van der Waals surface area (Å²) in [7, 11) is 0. The van der Waals surface area contributed by atoms with Gasteiger partial charge in [-0.05, 0) is 49.4 Å². The summed E-state index contributed by atoms with van der Waals surface area (Å²) in [6.45, 7) is 2.27. The molecule has 0 aliphatic rings. The summed E-state index contributed by atoms with van der Waals surface area (Å²) in [6.07, 6.45) is 7.07. The molecule has 9 nitrogen and oxygen atoms in total. The van der Waals surface area contributed by atoms with Gasteiger partial charge in [-0.15, -0.1) is 0 Å². The van der Waals surface area contributed by atoms with Crippen molar-refractivity contribution in [3.05, 3.63) is 90.0 Å². The van der Waals surface area contributed by atoms with Crippen molar-refractivity contribution in [1.29, 1.82) is 0 Å². The molecule has 4 rings (SSSR count). The number of halogens is 1. The Labute approximate surface area is 212 Å². The third-order valence-corrected chi connectivity index (χ3v) is 5.17. The summed E-state index contributed by atoms with van der Waals surface area (Å²) in [5.41, 5.74) is 2.81. The second-order valence-electron chi connectivity index (χ2n) is 7.45. The molecule has 0 aliphatic heterocycles. The minimum Gasteiger partial charge on any atom is -0.487 e. The highest BCUT2D eigenvalue weighted by Gasteiger charge is 2.09. The van der Waals surface area contributed by atoms with Crippen molar-refractivity contribution in [3.63, 3.8) is 0 Å². The van der Waals surface area contributed by atoms with Crippen LogP contribution in [-0.4, -0.2) is 33.4 Å². The Balaban J connectivity index is 1.48. The lowest BCUT2D eigenvalue weighted by molar-refractivity contribution is -0.137. The first-order valence-corrected chi connectivity index (χ1v) is 11.4. The highest BCUT2D eigenvalue weighted by atomic mass is 35.5. The molecule has 0 atom stereocenters. The fraction of sp³-hybridized carbons (Fsp3) is 0.115. The van der Waals surface area contributed by atoms with Gasteiger partial charge < -0.3 is 20.1 Å². The van der Waals surface area contributed by atoms with Gasteiger partial charge in [-0.25, -0.2) is 14.8 Å². The van der Waals surface area contributed by atoms with Gasteiger partial charge in [0.2, 0.25) is 5.91 Å². The molecule has 0 fully saturated rings. The van der Waals surface area contributed by atoms with Crippen LogP contribution in [0.1, 0.15) is 12.5 Å². The summed E-state index contributed by atoms with van der Waals surface area (Å²) in [5, 5.41) is 7.05. The molecule has 2 aromatic carbocycles. The van der Waals surface area contributed by atoms with Crippen molar-refractivity contribution < 1.29 is 19.1 Å². The topological polar surface area (TPSA) is 115 Å². The Morgan fingerprint density at radius 2 is 1.92 bits per heavy atom. The first kappa shape index (κ1) is 24.6. The van der Waals surface area contributed by atoms with Crippen LogP contribution in [0.4, 0.5) is 17.2 Å². The quantitative estimate of drug-likeness (QED) is 0.240. The number of amides is 1. The van der Waals surface area contributed by atoms with Crippen LogP contribution in [0.25, 0.3) is 10.9 Å². The standard InChI is InChI=1S/C26H22ClN5O4/c1-2-35-25(34)10-9-24(33)31-18-5-7-22-20(12-18)26(30-16-29-22)32-19-6-8-23(21(27)13-19)36-15-17-4-3-11-28-14-17/h3-14,16H,2,15H2,1H3,(H,31,33)(H,29,30,32).